The van der Waals surface area contributed by atoms with Crippen LogP contribution in [0.15, 0.2) is 0 Å². The molecule has 0 aromatic rings. The Morgan fingerprint density at radius 3 is 1.77 bits per heavy atom. The molecule has 256 valence electrons. The standard InChI is InChI=1S/C24H40O20/c25-1-6-9(28)11(30)12(31)22(39-6)43-17-8-4-38-20(17)15(34)24(41-8)44-18-10(29)7(2-26)40-23(14(18)33)42-16-5(27)3-37-19(16)13(32)21(35)36/h5-36H,1-4H2/t5-,6+,7+,8-,9-,10-,11-,12?,13-,14+,15-,16+,17+,18-,19-,20-,22-,23-,24-/m0/s1. The van der Waals surface area contributed by atoms with E-state index in [1.165, 1.54) is 0 Å². The first-order chi connectivity index (χ1) is 20.9. The topological polar surface area (TPSA) is 317 Å². The van der Waals surface area contributed by atoms with Crippen molar-refractivity contribution in [2.24, 2.45) is 0 Å². The Kier molecular flexibility index (Phi) is 11.1. The summed E-state index contributed by atoms with van der Waals surface area (Å²) in [6.07, 6.45) is -31.2. The van der Waals surface area contributed by atoms with Crippen LogP contribution in [0.3, 0.4) is 0 Å². The summed E-state index contributed by atoms with van der Waals surface area (Å²) in [5.74, 6) is 0. The average molecular weight is 649 g/mol. The van der Waals surface area contributed by atoms with Gasteiger partial charge >= 0.3 is 0 Å². The molecule has 0 aliphatic carbocycles. The van der Waals surface area contributed by atoms with E-state index in [2.05, 4.69) is 0 Å². The second-order valence-electron chi connectivity index (χ2n) is 11.3. The van der Waals surface area contributed by atoms with Gasteiger partial charge in [-0.2, -0.15) is 0 Å². The molecule has 5 aliphatic heterocycles. The van der Waals surface area contributed by atoms with Crippen molar-refractivity contribution >= 4 is 0 Å². The summed E-state index contributed by atoms with van der Waals surface area (Å²) in [4.78, 5) is 0. The third-order valence-corrected chi connectivity index (χ3v) is 8.42. The Balaban J connectivity index is 1.26. The molecule has 5 saturated heterocycles. The van der Waals surface area contributed by atoms with Crippen molar-refractivity contribution in [2.45, 2.75) is 123 Å². The summed E-state index contributed by atoms with van der Waals surface area (Å²) in [6.45, 7) is -2.00. The van der Waals surface area contributed by atoms with Gasteiger partial charge in [-0.25, -0.2) is 0 Å². The molecule has 20 nitrogen and oxygen atoms in total. The summed E-state index contributed by atoms with van der Waals surface area (Å²) in [5, 5.41) is 121. The quantitative estimate of drug-likeness (QED) is 0.0978. The maximum Gasteiger partial charge on any atom is 0.187 e. The van der Waals surface area contributed by atoms with Gasteiger partial charge in [-0.15, -0.1) is 0 Å². The van der Waals surface area contributed by atoms with Crippen molar-refractivity contribution in [1.82, 2.24) is 0 Å². The SMILES string of the molecule is OC[C@H]1O[C@@H](O[C@H]2[C@H]([C@H](O)C(O)O)OC[C@@H]2O)[C@H](O)[C@@H](O[C@@H]2O[C@H]3CO[C@@H]([C@@H]2O)[C@@H]3O[C@@H]2O[C@H](CO)[C@H](O)[C@H](O)C2O)[C@H]1O. The molecular formula is C24H40O20. The summed E-state index contributed by atoms with van der Waals surface area (Å²) in [7, 11) is 0. The minimum atomic E-state index is -2.26. The smallest absolute Gasteiger partial charge is 0.187 e. The molecule has 19 atom stereocenters. The predicted molar refractivity (Wildman–Crippen MR) is 131 cm³/mol. The molecule has 12 N–H and O–H groups in total. The number of aliphatic hydroxyl groups excluding tert-OH is 11. The van der Waals surface area contributed by atoms with Gasteiger partial charge < -0.3 is 99.2 Å². The summed E-state index contributed by atoms with van der Waals surface area (Å²) >= 11 is 0. The van der Waals surface area contributed by atoms with Crippen molar-refractivity contribution in [2.75, 3.05) is 26.4 Å². The first-order valence-electron chi connectivity index (χ1n) is 14.1. The average Bonchev–Trinajstić information content (AvgIpc) is 3.52. The molecule has 5 rings (SSSR count). The molecule has 1 unspecified atom stereocenters. The highest BCUT2D eigenvalue weighted by molar-refractivity contribution is 5.00. The predicted octanol–water partition coefficient (Wildman–Crippen LogP) is -8.70. The Morgan fingerprint density at radius 1 is 0.568 bits per heavy atom. The molecule has 0 saturated carbocycles. The van der Waals surface area contributed by atoms with E-state index in [9.17, 15) is 61.3 Å². The van der Waals surface area contributed by atoms with E-state index < -0.39 is 136 Å². The molecule has 0 aromatic carbocycles. The highest BCUT2D eigenvalue weighted by Gasteiger charge is 2.57. The normalized spacial score (nSPS) is 52.0. The molecule has 5 fully saturated rings. The Morgan fingerprint density at radius 2 is 1.14 bits per heavy atom. The Bertz CT molecular complexity index is 928. The van der Waals surface area contributed by atoms with Gasteiger partial charge in [0.05, 0.1) is 26.4 Å². The molecule has 0 aromatic heterocycles. The van der Waals surface area contributed by atoms with Crippen LogP contribution in [0.2, 0.25) is 0 Å². The number of hydrogen-bond acceptors (Lipinski definition) is 20. The van der Waals surface area contributed by atoms with Crippen molar-refractivity contribution in [3.63, 3.8) is 0 Å². The van der Waals surface area contributed by atoms with Crippen LogP contribution in [0.5, 0.6) is 0 Å². The van der Waals surface area contributed by atoms with Crippen molar-refractivity contribution in [3.05, 3.63) is 0 Å². The molecule has 0 spiro atoms. The van der Waals surface area contributed by atoms with E-state index in [0.717, 1.165) is 0 Å². The van der Waals surface area contributed by atoms with Crippen LogP contribution < -0.4 is 0 Å². The fourth-order valence-electron chi connectivity index (χ4n) is 5.92. The van der Waals surface area contributed by atoms with Gasteiger partial charge in [0.15, 0.2) is 25.2 Å². The van der Waals surface area contributed by atoms with E-state index in [-0.39, 0.29) is 13.2 Å². The lowest BCUT2D eigenvalue weighted by Gasteiger charge is -2.46. The summed E-state index contributed by atoms with van der Waals surface area (Å²) in [5.41, 5.74) is 0. The van der Waals surface area contributed by atoms with Crippen LogP contribution in [0.25, 0.3) is 0 Å². The molecule has 5 heterocycles. The molecule has 44 heavy (non-hydrogen) atoms. The zero-order valence-electron chi connectivity index (χ0n) is 23.0. The number of ether oxygens (including phenoxy) is 8. The lowest BCUT2D eigenvalue weighted by molar-refractivity contribution is -0.368. The summed E-state index contributed by atoms with van der Waals surface area (Å²) < 4.78 is 44.4. The van der Waals surface area contributed by atoms with Gasteiger partial charge in [-0.1, -0.05) is 0 Å². The van der Waals surface area contributed by atoms with Gasteiger partial charge in [0.2, 0.25) is 0 Å². The first kappa shape index (κ1) is 34.5. The lowest BCUT2D eigenvalue weighted by Crippen LogP contribution is -2.65. The van der Waals surface area contributed by atoms with E-state index in [1.54, 1.807) is 0 Å². The van der Waals surface area contributed by atoms with Crippen LogP contribution in [0, 0.1) is 0 Å². The number of rotatable bonds is 10. The van der Waals surface area contributed by atoms with Crippen molar-refractivity contribution in [3.8, 4) is 0 Å². The molecule has 0 amide bonds. The van der Waals surface area contributed by atoms with Crippen LogP contribution in [0.1, 0.15) is 0 Å². The van der Waals surface area contributed by atoms with Gasteiger partial charge in [-0.3, -0.25) is 0 Å². The van der Waals surface area contributed by atoms with Gasteiger partial charge in [0, 0.05) is 0 Å². The van der Waals surface area contributed by atoms with Gasteiger partial charge in [0.25, 0.3) is 0 Å². The molecule has 0 radical (unpaired) electrons. The lowest BCUT2D eigenvalue weighted by atomic mass is 9.97. The van der Waals surface area contributed by atoms with Crippen molar-refractivity contribution in [1.29, 1.82) is 0 Å². The number of aliphatic hydroxyl groups is 12. The fraction of sp³-hybridized carbons (Fsp3) is 1.00. The van der Waals surface area contributed by atoms with Gasteiger partial charge in [-0.05, 0) is 0 Å². The van der Waals surface area contributed by atoms with Crippen LogP contribution in [0.4, 0.5) is 0 Å². The maximum atomic E-state index is 11.0. The van der Waals surface area contributed by atoms with E-state index in [0.29, 0.717) is 0 Å². The summed E-state index contributed by atoms with van der Waals surface area (Å²) in [6, 6.07) is 0. The zero-order valence-corrected chi connectivity index (χ0v) is 23.0. The van der Waals surface area contributed by atoms with Crippen LogP contribution in [-0.2, 0) is 37.9 Å². The molecule has 5 aliphatic rings. The first-order valence-corrected chi connectivity index (χ1v) is 14.1. The van der Waals surface area contributed by atoms with Gasteiger partial charge in [0.1, 0.15) is 97.7 Å². The van der Waals surface area contributed by atoms with Crippen LogP contribution in [-0.4, -0.2) is 211 Å². The minimum Gasteiger partial charge on any atom is -0.394 e. The number of hydrogen-bond donors (Lipinski definition) is 12. The third kappa shape index (κ3) is 6.50. The van der Waals surface area contributed by atoms with Crippen LogP contribution >= 0.6 is 0 Å². The van der Waals surface area contributed by atoms with E-state index in [1.807, 2.05) is 0 Å². The minimum absolute atomic E-state index is 0.145. The maximum absolute atomic E-state index is 11.0. The van der Waals surface area contributed by atoms with E-state index in [4.69, 9.17) is 37.9 Å². The Hall–Kier alpha value is -0.800. The largest absolute Gasteiger partial charge is 0.394 e. The highest BCUT2D eigenvalue weighted by Crippen LogP contribution is 2.37. The third-order valence-electron chi connectivity index (χ3n) is 8.42. The highest BCUT2D eigenvalue weighted by atomic mass is 16.8. The zero-order chi connectivity index (χ0) is 32.0. The molecule has 20 heteroatoms. The monoisotopic (exact) mass is 648 g/mol. The van der Waals surface area contributed by atoms with E-state index >= 15 is 0 Å². The molecule has 2 bridgehead atoms. The second kappa shape index (κ2) is 14.1. The number of fused-ring (bicyclic) bond motifs is 2. The Labute approximate surface area is 249 Å². The van der Waals surface area contributed by atoms with Crippen molar-refractivity contribution < 1.29 is 99.2 Å². The second-order valence-corrected chi connectivity index (χ2v) is 11.3. The fourth-order valence-corrected chi connectivity index (χ4v) is 5.92. The molecular weight excluding hydrogens is 608 g/mol.